The summed E-state index contributed by atoms with van der Waals surface area (Å²) in [7, 11) is 0. The normalized spacial score (nSPS) is 13.3. The number of ether oxygens (including phenoxy) is 1. The third kappa shape index (κ3) is 5.01. The smallest absolute Gasteiger partial charge is 0.422 e. The summed E-state index contributed by atoms with van der Waals surface area (Å²) in [5.74, 6) is -3.43. The summed E-state index contributed by atoms with van der Waals surface area (Å²) in [4.78, 5) is 11.4. The average molecular weight is 451 g/mol. The van der Waals surface area contributed by atoms with Gasteiger partial charge in [-0.3, -0.25) is 0 Å². The number of nitrogens with one attached hydrogen (secondary N) is 1. The number of carboxylic acid groups (broad SMARTS) is 1. The number of anilines is 1. The summed E-state index contributed by atoms with van der Waals surface area (Å²) >= 11 is 0. The second-order valence-electron chi connectivity index (χ2n) is 6.27. The van der Waals surface area contributed by atoms with Crippen LogP contribution in [0.3, 0.4) is 0 Å². The average Bonchev–Trinajstić information content (AvgIpc) is 3.05. The first-order valence-electron chi connectivity index (χ1n) is 8.43. The highest BCUT2D eigenvalue weighted by Crippen LogP contribution is 2.40. The lowest BCUT2D eigenvalue weighted by Crippen LogP contribution is -2.21. The molecule has 0 fully saturated rings. The molecule has 0 saturated heterocycles. The summed E-state index contributed by atoms with van der Waals surface area (Å²) in [6, 6.07) is 7.58. The molecule has 2 N–H and O–H groups in total. The van der Waals surface area contributed by atoms with Crippen LogP contribution in [-0.4, -0.2) is 23.9 Å². The summed E-state index contributed by atoms with van der Waals surface area (Å²) in [5.41, 5.74) is -2.44. The van der Waals surface area contributed by atoms with Gasteiger partial charge in [-0.25, -0.2) is 9.18 Å². The highest BCUT2D eigenvalue weighted by atomic mass is 19.4. The van der Waals surface area contributed by atoms with Crippen molar-refractivity contribution in [1.29, 1.82) is 0 Å². The third-order valence-corrected chi connectivity index (χ3v) is 4.05. The molecule has 0 spiro atoms. The quantitative estimate of drug-likeness (QED) is 0.346. The Bertz CT molecular complexity index is 1100. The Labute approximate surface area is 169 Å². The van der Waals surface area contributed by atoms with Crippen LogP contribution in [0.5, 0.6) is 5.75 Å². The fourth-order valence-corrected chi connectivity index (χ4v) is 2.82. The maximum atomic E-state index is 14.9. The lowest BCUT2D eigenvalue weighted by molar-refractivity contribution is -0.158. The molecule has 2 aromatic carbocycles. The van der Waals surface area contributed by atoms with E-state index in [1.54, 1.807) is 0 Å². The zero-order chi connectivity index (χ0) is 23.0. The van der Waals surface area contributed by atoms with Gasteiger partial charge in [-0.1, -0.05) is 18.2 Å². The molecule has 0 aliphatic rings. The minimum atomic E-state index is -5.10. The molecule has 166 valence electrons. The monoisotopic (exact) mass is 451 g/mol. The van der Waals surface area contributed by atoms with Crippen molar-refractivity contribution in [3.8, 4) is 5.75 Å². The van der Waals surface area contributed by atoms with Crippen molar-refractivity contribution in [2.24, 2.45) is 0 Å². The van der Waals surface area contributed by atoms with Crippen molar-refractivity contribution in [3.63, 3.8) is 0 Å². The van der Waals surface area contributed by atoms with Crippen LogP contribution < -0.4 is 10.1 Å². The molecule has 0 amide bonds. The van der Waals surface area contributed by atoms with E-state index in [0.29, 0.717) is 12.1 Å². The number of carboxylic acids is 1. The van der Waals surface area contributed by atoms with E-state index < -0.39 is 59.5 Å². The molecule has 31 heavy (non-hydrogen) atoms. The minimum absolute atomic E-state index is 0.0474. The number of aromatic carboxylic acids is 1. The zero-order valence-electron chi connectivity index (χ0n) is 15.1. The maximum absolute atomic E-state index is 14.9. The molecule has 12 heteroatoms. The molecule has 0 aliphatic carbocycles. The van der Waals surface area contributed by atoms with Crippen molar-refractivity contribution in [2.75, 3.05) is 11.9 Å². The SMILES string of the molecule is O=C(O)c1oc2ccccc2c1C(F)Nc1ccc(OCC(F)(F)F)c(C(F)(F)F)c1. The predicted molar refractivity (Wildman–Crippen MR) is 93.6 cm³/mol. The molecular weight excluding hydrogens is 439 g/mol. The first-order chi connectivity index (χ1) is 14.4. The fourth-order valence-electron chi connectivity index (χ4n) is 2.82. The lowest BCUT2D eigenvalue weighted by atomic mass is 10.1. The van der Waals surface area contributed by atoms with E-state index in [2.05, 4.69) is 10.1 Å². The van der Waals surface area contributed by atoms with Crippen LogP contribution in [-0.2, 0) is 6.18 Å². The van der Waals surface area contributed by atoms with Gasteiger partial charge in [0.05, 0.1) is 11.1 Å². The summed E-state index contributed by atoms with van der Waals surface area (Å²) in [6.07, 6.45) is -12.3. The number of alkyl halides is 7. The predicted octanol–water partition coefficient (Wildman–Crippen LogP) is 6.17. The van der Waals surface area contributed by atoms with E-state index in [0.717, 1.165) is 6.07 Å². The summed E-state index contributed by atoms with van der Waals surface area (Å²) < 4.78 is 101. The van der Waals surface area contributed by atoms with Gasteiger partial charge >= 0.3 is 18.3 Å². The number of carbonyl (C=O) groups is 1. The Morgan fingerprint density at radius 3 is 2.39 bits per heavy atom. The van der Waals surface area contributed by atoms with Crippen LogP contribution in [0, 0.1) is 0 Å². The second kappa shape index (κ2) is 8.00. The molecule has 0 radical (unpaired) electrons. The Balaban J connectivity index is 1.95. The van der Waals surface area contributed by atoms with Crippen molar-refractivity contribution < 1.29 is 49.8 Å². The van der Waals surface area contributed by atoms with Crippen LogP contribution in [0.2, 0.25) is 0 Å². The standard InChI is InChI=1S/C19H12F7NO4/c20-16(14-10-3-1-2-4-12(10)31-15(14)17(28)29)27-9-5-6-13(30-8-18(21,22)23)11(7-9)19(24,25)26/h1-7,16,27H,8H2,(H,28,29). The van der Waals surface area contributed by atoms with Crippen LogP contribution in [0.1, 0.15) is 28.0 Å². The number of benzene rings is 2. The molecule has 5 nitrogen and oxygen atoms in total. The van der Waals surface area contributed by atoms with E-state index in [-0.39, 0.29) is 11.0 Å². The van der Waals surface area contributed by atoms with E-state index in [4.69, 9.17) is 4.42 Å². The largest absolute Gasteiger partial charge is 0.483 e. The number of furan rings is 1. The number of fused-ring (bicyclic) bond motifs is 1. The fraction of sp³-hybridized carbons (Fsp3) is 0.211. The molecule has 1 aromatic heterocycles. The third-order valence-electron chi connectivity index (χ3n) is 4.05. The van der Waals surface area contributed by atoms with Gasteiger partial charge < -0.3 is 19.6 Å². The van der Waals surface area contributed by atoms with Crippen molar-refractivity contribution in [2.45, 2.75) is 18.6 Å². The van der Waals surface area contributed by atoms with Crippen molar-refractivity contribution in [3.05, 3.63) is 59.4 Å². The summed E-state index contributed by atoms with van der Waals surface area (Å²) in [6.45, 7) is -1.95. The number of hydrogen-bond acceptors (Lipinski definition) is 4. The van der Waals surface area contributed by atoms with Gasteiger partial charge in [0.25, 0.3) is 0 Å². The highest BCUT2D eigenvalue weighted by Gasteiger charge is 2.37. The first-order valence-corrected chi connectivity index (χ1v) is 8.43. The van der Waals surface area contributed by atoms with Crippen LogP contribution >= 0.6 is 0 Å². The van der Waals surface area contributed by atoms with E-state index >= 15 is 0 Å². The molecule has 1 atom stereocenters. The molecule has 0 bridgehead atoms. The molecule has 3 rings (SSSR count). The van der Waals surface area contributed by atoms with Gasteiger partial charge in [-0.05, 0) is 24.3 Å². The van der Waals surface area contributed by atoms with Gasteiger partial charge in [-0.2, -0.15) is 26.3 Å². The molecule has 3 aromatic rings. The Hall–Kier alpha value is -3.44. The highest BCUT2D eigenvalue weighted by molar-refractivity contribution is 5.95. The lowest BCUT2D eigenvalue weighted by Gasteiger charge is -2.18. The number of halogens is 7. The van der Waals surface area contributed by atoms with E-state index in [9.17, 15) is 40.6 Å². The molecule has 0 aliphatic heterocycles. The Morgan fingerprint density at radius 2 is 1.77 bits per heavy atom. The summed E-state index contributed by atoms with van der Waals surface area (Å²) in [5, 5.41) is 11.4. The van der Waals surface area contributed by atoms with Gasteiger partial charge in [0, 0.05) is 11.1 Å². The molecular formula is C19H12F7NO4. The van der Waals surface area contributed by atoms with Crippen LogP contribution in [0.25, 0.3) is 11.0 Å². The van der Waals surface area contributed by atoms with Crippen LogP contribution in [0.15, 0.2) is 46.9 Å². The molecule has 0 saturated carbocycles. The second-order valence-corrected chi connectivity index (χ2v) is 6.27. The van der Waals surface area contributed by atoms with Gasteiger partial charge in [0.1, 0.15) is 11.3 Å². The minimum Gasteiger partial charge on any atom is -0.483 e. The maximum Gasteiger partial charge on any atom is 0.422 e. The van der Waals surface area contributed by atoms with Gasteiger partial charge in [0.15, 0.2) is 6.61 Å². The van der Waals surface area contributed by atoms with Crippen LogP contribution in [0.4, 0.5) is 36.4 Å². The van der Waals surface area contributed by atoms with Crippen molar-refractivity contribution >= 4 is 22.6 Å². The zero-order valence-corrected chi connectivity index (χ0v) is 15.1. The van der Waals surface area contributed by atoms with Gasteiger partial charge in [0.2, 0.25) is 12.1 Å². The Kier molecular flexibility index (Phi) is 5.74. The number of rotatable bonds is 6. The molecule has 1 heterocycles. The number of hydrogen-bond donors (Lipinski definition) is 2. The van der Waals surface area contributed by atoms with E-state index in [1.807, 2.05) is 0 Å². The first kappa shape index (κ1) is 22.2. The Morgan fingerprint density at radius 1 is 1.10 bits per heavy atom. The number of para-hydroxylation sites is 1. The van der Waals surface area contributed by atoms with Gasteiger partial charge in [-0.15, -0.1) is 0 Å². The topological polar surface area (TPSA) is 71.7 Å². The molecule has 1 unspecified atom stereocenters. The van der Waals surface area contributed by atoms with E-state index in [1.165, 1.54) is 24.3 Å². The van der Waals surface area contributed by atoms with Crippen molar-refractivity contribution in [1.82, 2.24) is 0 Å².